The molecule has 2 aromatic rings. The van der Waals surface area contributed by atoms with Gasteiger partial charge in [-0.15, -0.1) is 0 Å². The van der Waals surface area contributed by atoms with E-state index in [9.17, 15) is 14.4 Å². The summed E-state index contributed by atoms with van der Waals surface area (Å²) >= 11 is 0. The van der Waals surface area contributed by atoms with E-state index in [1.54, 1.807) is 29.2 Å². The first-order valence-electron chi connectivity index (χ1n) is 9.81. The van der Waals surface area contributed by atoms with E-state index in [0.717, 1.165) is 23.4 Å². The Bertz CT molecular complexity index is 926. The van der Waals surface area contributed by atoms with E-state index in [-0.39, 0.29) is 30.3 Å². The quantitative estimate of drug-likeness (QED) is 0.815. The summed E-state index contributed by atoms with van der Waals surface area (Å²) in [6.07, 6.45) is 2.11. The minimum atomic E-state index is -0.327. The number of rotatable bonds is 5. The fourth-order valence-electron chi connectivity index (χ4n) is 3.71. The third-order valence-corrected chi connectivity index (χ3v) is 5.22. The molecule has 7 heteroatoms. The van der Waals surface area contributed by atoms with E-state index in [2.05, 4.69) is 10.6 Å². The number of carbonyl (C=O) groups excluding carboxylic acids is 3. The molecule has 2 aromatic carbocycles. The Morgan fingerprint density at radius 1 is 1.10 bits per heavy atom. The van der Waals surface area contributed by atoms with Crippen LogP contribution in [-0.2, 0) is 9.59 Å². The zero-order valence-electron chi connectivity index (χ0n) is 16.0. The molecule has 1 saturated heterocycles. The number of anilines is 1. The standard InChI is InChI=1S/C22H23N3O4/c26-20(24-18-11-13-29-19-5-2-1-4-17(18)19)14-23-22(28)15-7-9-16(10-8-15)25-12-3-6-21(25)27/h1-2,4-5,7-10,18H,3,6,11-14H2,(H,23,28)(H,24,26). The summed E-state index contributed by atoms with van der Waals surface area (Å²) in [6.45, 7) is 1.14. The van der Waals surface area contributed by atoms with Gasteiger partial charge in [-0.3, -0.25) is 14.4 Å². The van der Waals surface area contributed by atoms with E-state index >= 15 is 0 Å². The van der Waals surface area contributed by atoms with Crippen molar-refractivity contribution in [3.05, 3.63) is 59.7 Å². The Balaban J connectivity index is 1.30. The second-order valence-electron chi connectivity index (χ2n) is 7.17. The fourth-order valence-corrected chi connectivity index (χ4v) is 3.71. The Labute approximate surface area is 169 Å². The Kier molecular flexibility index (Phi) is 5.46. The summed E-state index contributed by atoms with van der Waals surface area (Å²) in [6, 6.07) is 14.4. The van der Waals surface area contributed by atoms with Crippen LogP contribution >= 0.6 is 0 Å². The molecule has 2 heterocycles. The van der Waals surface area contributed by atoms with Crippen molar-refractivity contribution < 1.29 is 19.1 Å². The third-order valence-electron chi connectivity index (χ3n) is 5.22. The Morgan fingerprint density at radius 2 is 1.90 bits per heavy atom. The molecule has 0 spiro atoms. The molecule has 4 rings (SSSR count). The van der Waals surface area contributed by atoms with Gasteiger partial charge in [-0.25, -0.2) is 0 Å². The van der Waals surface area contributed by atoms with Crippen molar-refractivity contribution >= 4 is 23.4 Å². The maximum absolute atomic E-state index is 12.3. The molecule has 2 aliphatic rings. The second-order valence-corrected chi connectivity index (χ2v) is 7.17. The number of hydrogen-bond donors (Lipinski definition) is 2. The van der Waals surface area contributed by atoms with Gasteiger partial charge in [0.05, 0.1) is 19.2 Å². The van der Waals surface area contributed by atoms with Crippen molar-refractivity contribution in [2.45, 2.75) is 25.3 Å². The van der Waals surface area contributed by atoms with Crippen LogP contribution in [-0.4, -0.2) is 37.4 Å². The SMILES string of the molecule is O=C(CNC(=O)c1ccc(N2CCCC2=O)cc1)NC1CCOc2ccccc21. The molecule has 1 unspecified atom stereocenters. The van der Waals surface area contributed by atoms with Gasteiger partial charge in [0, 0.05) is 36.2 Å². The fraction of sp³-hybridized carbons (Fsp3) is 0.318. The van der Waals surface area contributed by atoms with Crippen molar-refractivity contribution in [3.63, 3.8) is 0 Å². The molecule has 0 saturated carbocycles. The topological polar surface area (TPSA) is 87.7 Å². The molecular formula is C22H23N3O4. The summed E-state index contributed by atoms with van der Waals surface area (Å²) in [5.74, 6) is 0.310. The van der Waals surface area contributed by atoms with Crippen molar-refractivity contribution in [3.8, 4) is 5.75 Å². The molecule has 3 amide bonds. The molecular weight excluding hydrogens is 370 g/mol. The molecule has 7 nitrogen and oxygen atoms in total. The maximum Gasteiger partial charge on any atom is 0.251 e. The van der Waals surface area contributed by atoms with Gasteiger partial charge in [0.25, 0.3) is 5.91 Å². The molecule has 0 aliphatic carbocycles. The van der Waals surface area contributed by atoms with E-state index in [1.807, 2.05) is 24.3 Å². The number of carbonyl (C=O) groups is 3. The van der Waals surface area contributed by atoms with Crippen LogP contribution < -0.4 is 20.3 Å². The molecule has 0 aromatic heterocycles. The van der Waals surface area contributed by atoms with Crippen LogP contribution in [0.4, 0.5) is 5.69 Å². The lowest BCUT2D eigenvalue weighted by atomic mass is 10.0. The van der Waals surface area contributed by atoms with E-state index in [1.165, 1.54) is 0 Å². The number of hydrogen-bond acceptors (Lipinski definition) is 4. The monoisotopic (exact) mass is 393 g/mol. The number of nitrogens with zero attached hydrogens (tertiary/aromatic N) is 1. The van der Waals surface area contributed by atoms with Crippen molar-refractivity contribution in [2.24, 2.45) is 0 Å². The summed E-state index contributed by atoms with van der Waals surface area (Å²) < 4.78 is 5.60. The minimum Gasteiger partial charge on any atom is -0.493 e. The molecule has 1 atom stereocenters. The predicted octanol–water partition coefficient (Wildman–Crippen LogP) is 2.18. The largest absolute Gasteiger partial charge is 0.493 e. The minimum absolute atomic E-state index is 0.105. The maximum atomic E-state index is 12.3. The number of amides is 3. The zero-order valence-corrected chi connectivity index (χ0v) is 16.0. The van der Waals surface area contributed by atoms with Crippen LogP contribution in [0, 0.1) is 0 Å². The predicted molar refractivity (Wildman–Crippen MR) is 108 cm³/mol. The van der Waals surface area contributed by atoms with E-state index in [0.29, 0.717) is 31.6 Å². The highest BCUT2D eigenvalue weighted by molar-refractivity contribution is 5.98. The summed E-state index contributed by atoms with van der Waals surface area (Å²) in [5, 5.41) is 5.60. The number of fused-ring (bicyclic) bond motifs is 1. The second kappa shape index (κ2) is 8.34. The Morgan fingerprint density at radius 3 is 2.66 bits per heavy atom. The summed E-state index contributed by atoms with van der Waals surface area (Å²) in [5.41, 5.74) is 2.19. The number of para-hydroxylation sites is 1. The zero-order chi connectivity index (χ0) is 20.2. The number of ether oxygens (including phenoxy) is 1. The first-order valence-corrected chi connectivity index (χ1v) is 9.81. The van der Waals surface area contributed by atoms with Crippen LogP contribution in [0.15, 0.2) is 48.5 Å². The molecule has 29 heavy (non-hydrogen) atoms. The van der Waals surface area contributed by atoms with Crippen LogP contribution in [0.2, 0.25) is 0 Å². The van der Waals surface area contributed by atoms with Crippen LogP contribution in [0.25, 0.3) is 0 Å². The van der Waals surface area contributed by atoms with Crippen LogP contribution in [0.3, 0.4) is 0 Å². The lowest BCUT2D eigenvalue weighted by Crippen LogP contribution is -2.40. The summed E-state index contributed by atoms with van der Waals surface area (Å²) in [4.78, 5) is 38.2. The average Bonchev–Trinajstić information content (AvgIpc) is 3.18. The lowest BCUT2D eigenvalue weighted by molar-refractivity contribution is -0.121. The van der Waals surface area contributed by atoms with Gasteiger partial charge in [0.15, 0.2) is 0 Å². The van der Waals surface area contributed by atoms with Crippen LogP contribution in [0.1, 0.15) is 41.2 Å². The molecule has 150 valence electrons. The molecule has 0 bridgehead atoms. The first-order chi connectivity index (χ1) is 14.1. The molecule has 2 aliphatic heterocycles. The van der Waals surface area contributed by atoms with Gasteiger partial charge in [0.1, 0.15) is 5.75 Å². The van der Waals surface area contributed by atoms with E-state index < -0.39 is 0 Å². The number of benzene rings is 2. The molecule has 1 fully saturated rings. The normalized spacial score (nSPS) is 18.0. The Hall–Kier alpha value is -3.35. The highest BCUT2D eigenvalue weighted by Crippen LogP contribution is 2.31. The highest BCUT2D eigenvalue weighted by Gasteiger charge is 2.23. The van der Waals surface area contributed by atoms with Crippen molar-refractivity contribution in [1.82, 2.24) is 10.6 Å². The first kappa shape index (κ1) is 19.0. The molecule has 0 radical (unpaired) electrons. The van der Waals surface area contributed by atoms with Gasteiger partial charge >= 0.3 is 0 Å². The van der Waals surface area contributed by atoms with Gasteiger partial charge in [0.2, 0.25) is 11.8 Å². The van der Waals surface area contributed by atoms with E-state index in [4.69, 9.17) is 4.74 Å². The third kappa shape index (κ3) is 4.23. The van der Waals surface area contributed by atoms with Crippen LogP contribution in [0.5, 0.6) is 5.75 Å². The molecule has 2 N–H and O–H groups in total. The number of nitrogens with one attached hydrogen (secondary N) is 2. The van der Waals surface area contributed by atoms with Gasteiger partial charge in [-0.05, 0) is 36.8 Å². The van der Waals surface area contributed by atoms with Crippen molar-refractivity contribution in [1.29, 1.82) is 0 Å². The van der Waals surface area contributed by atoms with Gasteiger partial charge < -0.3 is 20.3 Å². The smallest absolute Gasteiger partial charge is 0.251 e. The average molecular weight is 393 g/mol. The lowest BCUT2D eigenvalue weighted by Gasteiger charge is -2.26. The van der Waals surface area contributed by atoms with Crippen molar-refractivity contribution in [2.75, 3.05) is 24.6 Å². The van der Waals surface area contributed by atoms with Gasteiger partial charge in [-0.1, -0.05) is 18.2 Å². The summed E-state index contributed by atoms with van der Waals surface area (Å²) in [7, 11) is 0. The highest BCUT2D eigenvalue weighted by atomic mass is 16.5. The van der Waals surface area contributed by atoms with Gasteiger partial charge in [-0.2, -0.15) is 0 Å².